The van der Waals surface area contributed by atoms with Gasteiger partial charge in [0.25, 0.3) is 0 Å². The van der Waals surface area contributed by atoms with E-state index in [4.69, 9.17) is 0 Å². The minimum Gasteiger partial charge on any atom is -0.336 e. The van der Waals surface area contributed by atoms with Crippen LogP contribution >= 0.6 is 15.9 Å². The lowest BCUT2D eigenvalue weighted by Gasteiger charge is -2.20. The molecule has 1 aliphatic rings. The molecule has 0 N–H and O–H groups in total. The van der Waals surface area contributed by atoms with E-state index >= 15 is 0 Å². The number of amides is 1. The van der Waals surface area contributed by atoms with Crippen molar-refractivity contribution in [3.8, 4) is 0 Å². The van der Waals surface area contributed by atoms with Gasteiger partial charge in [-0.1, -0.05) is 22.0 Å². The number of carbonyl (C=O) groups is 1. The Morgan fingerprint density at radius 2 is 2.55 bits per heavy atom. The van der Waals surface area contributed by atoms with Gasteiger partial charge in [-0.2, -0.15) is 0 Å². The Balaban J connectivity index is 2.56. The zero-order chi connectivity index (χ0) is 8.27. The first-order valence-electron chi connectivity index (χ1n) is 3.77. The molecule has 1 heterocycles. The molecule has 2 nitrogen and oxygen atoms in total. The van der Waals surface area contributed by atoms with E-state index in [1.54, 1.807) is 0 Å². The molecule has 11 heavy (non-hydrogen) atoms. The number of alkyl halides is 1. The molecule has 0 aromatic heterocycles. The lowest BCUT2D eigenvalue weighted by Crippen LogP contribution is -2.34. The van der Waals surface area contributed by atoms with Crippen LogP contribution in [0.2, 0.25) is 0 Å². The highest BCUT2D eigenvalue weighted by molar-refractivity contribution is 9.09. The van der Waals surface area contributed by atoms with Crippen LogP contribution in [0.25, 0.3) is 0 Å². The second kappa shape index (κ2) is 3.90. The number of nitrogens with zero attached hydrogens (tertiary/aromatic N) is 1. The molecular weight excluding hydrogens is 206 g/mol. The van der Waals surface area contributed by atoms with Gasteiger partial charge >= 0.3 is 0 Å². The number of hydrogen-bond donors (Lipinski definition) is 0. The van der Waals surface area contributed by atoms with Crippen molar-refractivity contribution in [1.82, 2.24) is 4.90 Å². The van der Waals surface area contributed by atoms with E-state index in [1.807, 2.05) is 11.0 Å². The summed E-state index contributed by atoms with van der Waals surface area (Å²) in [7, 11) is 0. The van der Waals surface area contributed by atoms with Crippen LogP contribution in [0.1, 0.15) is 12.8 Å². The lowest BCUT2D eigenvalue weighted by atomic mass is 10.2. The number of carbonyl (C=O) groups excluding carboxylic acids is 1. The van der Waals surface area contributed by atoms with Crippen molar-refractivity contribution in [2.24, 2.45) is 0 Å². The Bertz CT molecular complexity index is 169. The summed E-state index contributed by atoms with van der Waals surface area (Å²) in [5.74, 6) is 0.174. The summed E-state index contributed by atoms with van der Waals surface area (Å²) < 4.78 is 0. The zero-order valence-corrected chi connectivity index (χ0v) is 8.01. The Morgan fingerprint density at radius 3 is 3.09 bits per heavy atom. The van der Waals surface area contributed by atoms with Crippen LogP contribution in [0, 0.1) is 0 Å². The van der Waals surface area contributed by atoms with Gasteiger partial charge in [0.15, 0.2) is 0 Å². The summed E-state index contributed by atoms with van der Waals surface area (Å²) in [5.41, 5.74) is 0. The Hall–Kier alpha value is -0.310. The average molecular weight is 218 g/mol. The highest BCUT2D eigenvalue weighted by atomic mass is 79.9. The molecule has 0 radical (unpaired) electrons. The number of halogens is 1. The number of hydrogen-bond acceptors (Lipinski definition) is 1. The van der Waals surface area contributed by atoms with Gasteiger partial charge in [-0.05, 0) is 12.8 Å². The fourth-order valence-corrected chi connectivity index (χ4v) is 1.75. The van der Waals surface area contributed by atoms with Crippen molar-refractivity contribution in [1.29, 1.82) is 0 Å². The SMILES string of the molecule is C=C[C@@H]1CCCN1C(=O)CBr. The van der Waals surface area contributed by atoms with Crippen molar-refractivity contribution in [3.05, 3.63) is 12.7 Å². The topological polar surface area (TPSA) is 20.3 Å². The van der Waals surface area contributed by atoms with Crippen molar-refractivity contribution < 1.29 is 4.79 Å². The molecule has 0 unspecified atom stereocenters. The van der Waals surface area contributed by atoms with Crippen molar-refractivity contribution in [3.63, 3.8) is 0 Å². The predicted octanol–water partition coefficient (Wildman–Crippen LogP) is 1.56. The van der Waals surface area contributed by atoms with Gasteiger partial charge in [-0.3, -0.25) is 4.79 Å². The first-order valence-corrected chi connectivity index (χ1v) is 4.89. The van der Waals surface area contributed by atoms with E-state index in [-0.39, 0.29) is 11.9 Å². The molecule has 0 aromatic carbocycles. The van der Waals surface area contributed by atoms with E-state index in [0.29, 0.717) is 5.33 Å². The van der Waals surface area contributed by atoms with Crippen LogP contribution in [0.15, 0.2) is 12.7 Å². The molecule has 0 aromatic rings. The molecule has 0 aliphatic carbocycles. The van der Waals surface area contributed by atoms with E-state index in [1.165, 1.54) is 0 Å². The minimum atomic E-state index is 0.174. The smallest absolute Gasteiger partial charge is 0.233 e. The fourth-order valence-electron chi connectivity index (χ4n) is 1.42. The minimum absolute atomic E-state index is 0.174. The zero-order valence-electron chi connectivity index (χ0n) is 6.42. The fraction of sp³-hybridized carbons (Fsp3) is 0.625. The molecule has 0 spiro atoms. The van der Waals surface area contributed by atoms with Crippen LogP contribution in [0.5, 0.6) is 0 Å². The maximum atomic E-state index is 11.2. The maximum absolute atomic E-state index is 11.2. The van der Waals surface area contributed by atoms with Gasteiger partial charge in [0, 0.05) is 12.6 Å². The third kappa shape index (κ3) is 1.83. The second-order valence-electron chi connectivity index (χ2n) is 2.67. The average Bonchev–Trinajstić information content (AvgIpc) is 2.50. The van der Waals surface area contributed by atoms with Gasteiger partial charge in [-0.15, -0.1) is 6.58 Å². The van der Waals surface area contributed by atoms with Gasteiger partial charge in [0.1, 0.15) is 0 Å². The molecule has 3 heteroatoms. The monoisotopic (exact) mass is 217 g/mol. The molecule has 1 aliphatic heterocycles. The van der Waals surface area contributed by atoms with Crippen LogP contribution in [0.3, 0.4) is 0 Å². The third-order valence-electron chi connectivity index (χ3n) is 2.01. The molecule has 0 saturated carbocycles. The van der Waals surface area contributed by atoms with Gasteiger partial charge in [0.2, 0.25) is 5.91 Å². The van der Waals surface area contributed by atoms with Crippen LogP contribution in [-0.2, 0) is 4.79 Å². The highest BCUT2D eigenvalue weighted by Gasteiger charge is 2.24. The molecule has 1 fully saturated rings. The van der Waals surface area contributed by atoms with E-state index < -0.39 is 0 Å². The predicted molar refractivity (Wildman–Crippen MR) is 48.7 cm³/mol. The normalized spacial score (nSPS) is 23.7. The standard InChI is InChI=1S/C8H12BrNO/c1-2-7-4-3-5-10(7)8(11)6-9/h2,7H,1,3-6H2/t7-/m1/s1. The Labute approximate surface area is 75.4 Å². The summed E-state index contributed by atoms with van der Waals surface area (Å²) in [6.07, 6.45) is 4.03. The molecular formula is C8H12BrNO. The number of rotatable bonds is 2. The number of likely N-dealkylation sites (tertiary alicyclic amines) is 1. The molecule has 1 amide bonds. The molecule has 62 valence electrons. The van der Waals surface area contributed by atoms with Crippen molar-refractivity contribution in [2.75, 3.05) is 11.9 Å². The van der Waals surface area contributed by atoms with E-state index in [9.17, 15) is 4.79 Å². The van der Waals surface area contributed by atoms with E-state index in [0.717, 1.165) is 19.4 Å². The van der Waals surface area contributed by atoms with Crippen LogP contribution in [-0.4, -0.2) is 28.7 Å². The van der Waals surface area contributed by atoms with Gasteiger partial charge < -0.3 is 4.90 Å². The molecule has 1 atom stereocenters. The molecule has 0 bridgehead atoms. The third-order valence-corrected chi connectivity index (χ3v) is 2.49. The van der Waals surface area contributed by atoms with Crippen LogP contribution in [0.4, 0.5) is 0 Å². The van der Waals surface area contributed by atoms with Gasteiger partial charge in [0.05, 0.1) is 5.33 Å². The maximum Gasteiger partial charge on any atom is 0.233 e. The Kier molecular flexibility index (Phi) is 3.12. The summed E-state index contributed by atoms with van der Waals surface area (Å²) >= 11 is 3.16. The van der Waals surface area contributed by atoms with Crippen molar-refractivity contribution in [2.45, 2.75) is 18.9 Å². The summed E-state index contributed by atoms with van der Waals surface area (Å²) in [5, 5.41) is 0.428. The quantitative estimate of drug-likeness (QED) is 0.508. The summed E-state index contributed by atoms with van der Waals surface area (Å²) in [6.45, 7) is 4.59. The summed E-state index contributed by atoms with van der Waals surface area (Å²) in [4.78, 5) is 13.1. The van der Waals surface area contributed by atoms with E-state index in [2.05, 4.69) is 22.5 Å². The second-order valence-corrected chi connectivity index (χ2v) is 3.23. The lowest BCUT2D eigenvalue weighted by molar-refractivity contribution is -0.128. The molecule has 1 rings (SSSR count). The first kappa shape index (κ1) is 8.78. The Morgan fingerprint density at radius 1 is 1.82 bits per heavy atom. The van der Waals surface area contributed by atoms with Gasteiger partial charge in [-0.25, -0.2) is 0 Å². The van der Waals surface area contributed by atoms with Crippen LogP contribution < -0.4 is 0 Å². The first-order chi connectivity index (χ1) is 5.29. The highest BCUT2D eigenvalue weighted by Crippen LogP contribution is 2.18. The largest absolute Gasteiger partial charge is 0.336 e. The summed E-state index contributed by atoms with van der Waals surface area (Å²) in [6, 6.07) is 0.278. The van der Waals surface area contributed by atoms with Crippen molar-refractivity contribution >= 4 is 21.8 Å². The molecule has 1 saturated heterocycles.